The van der Waals surface area contributed by atoms with Gasteiger partial charge in [-0.25, -0.2) is 0 Å². The van der Waals surface area contributed by atoms with Crippen molar-refractivity contribution in [1.29, 1.82) is 0 Å². The van der Waals surface area contributed by atoms with E-state index in [4.69, 9.17) is 0 Å². The van der Waals surface area contributed by atoms with Gasteiger partial charge in [-0.3, -0.25) is 4.79 Å². The highest BCUT2D eigenvalue weighted by Crippen LogP contribution is 2.27. The number of hydrogen-bond donors (Lipinski definition) is 0. The molecular weight excluding hydrogens is 282 g/mol. The molecule has 2 unspecified atom stereocenters. The zero-order valence-corrected chi connectivity index (χ0v) is 16.1. The minimum atomic E-state index is 0.289. The average Bonchev–Trinajstić information content (AvgIpc) is 2.56. The highest BCUT2D eigenvalue weighted by Gasteiger charge is 2.26. The summed E-state index contributed by atoms with van der Waals surface area (Å²) in [5, 5.41) is 0. The Balaban J connectivity index is 2.16. The molecule has 2 atom stereocenters. The summed E-state index contributed by atoms with van der Waals surface area (Å²) in [5.74, 6) is 1.11. The molecule has 136 valence electrons. The van der Waals surface area contributed by atoms with Gasteiger partial charge < -0.3 is 4.90 Å². The molecule has 0 aromatic heterocycles. The third kappa shape index (κ3) is 8.77. The smallest absolute Gasteiger partial charge is 0.219 e. The van der Waals surface area contributed by atoms with E-state index in [0.717, 1.165) is 12.5 Å². The Kier molecular flexibility index (Phi) is 11.5. The standard InChI is InChI=1S/C21H41NO/c1-4-6-7-8-9-10-11-12-15-20(5-2)18-21-16-13-14-17-22(21)19(3)23/h20-21H,4-18H2,1-3H3. The Morgan fingerprint density at radius 1 is 1.00 bits per heavy atom. The number of carbonyl (C=O) groups is 1. The highest BCUT2D eigenvalue weighted by atomic mass is 16.2. The molecule has 0 N–H and O–H groups in total. The van der Waals surface area contributed by atoms with Gasteiger partial charge >= 0.3 is 0 Å². The molecule has 1 rings (SSSR count). The van der Waals surface area contributed by atoms with Crippen LogP contribution < -0.4 is 0 Å². The first kappa shape index (κ1) is 20.5. The van der Waals surface area contributed by atoms with Crippen molar-refractivity contribution >= 4 is 5.91 Å². The number of amides is 1. The number of carbonyl (C=O) groups excluding carboxylic acids is 1. The van der Waals surface area contributed by atoms with Crippen LogP contribution in [0.1, 0.15) is 111 Å². The molecule has 1 amide bonds. The molecule has 0 aromatic carbocycles. The largest absolute Gasteiger partial charge is 0.340 e. The molecule has 1 saturated heterocycles. The van der Waals surface area contributed by atoms with Gasteiger partial charge in [-0.05, 0) is 31.6 Å². The summed E-state index contributed by atoms with van der Waals surface area (Å²) in [6, 6.07) is 0.528. The summed E-state index contributed by atoms with van der Waals surface area (Å²) >= 11 is 0. The first-order chi connectivity index (χ1) is 11.2. The van der Waals surface area contributed by atoms with Crippen LogP contribution in [0.2, 0.25) is 0 Å². The maximum atomic E-state index is 11.8. The average molecular weight is 324 g/mol. The van der Waals surface area contributed by atoms with Crippen LogP contribution in [0.5, 0.6) is 0 Å². The van der Waals surface area contributed by atoms with E-state index in [1.54, 1.807) is 6.92 Å². The third-order valence-electron chi connectivity index (χ3n) is 5.68. The summed E-state index contributed by atoms with van der Waals surface area (Å²) in [5.41, 5.74) is 0. The lowest BCUT2D eigenvalue weighted by Gasteiger charge is -2.37. The topological polar surface area (TPSA) is 20.3 Å². The number of nitrogens with zero attached hydrogens (tertiary/aromatic N) is 1. The first-order valence-corrected chi connectivity index (χ1v) is 10.5. The lowest BCUT2D eigenvalue weighted by molar-refractivity contribution is -0.132. The van der Waals surface area contributed by atoms with Gasteiger partial charge in [0.2, 0.25) is 5.91 Å². The van der Waals surface area contributed by atoms with Crippen LogP contribution in [0.4, 0.5) is 0 Å². The summed E-state index contributed by atoms with van der Waals surface area (Å²) in [4.78, 5) is 14.0. The molecule has 1 aliphatic rings. The van der Waals surface area contributed by atoms with Crippen molar-refractivity contribution in [2.75, 3.05) is 6.54 Å². The lowest BCUT2D eigenvalue weighted by Crippen LogP contribution is -2.43. The van der Waals surface area contributed by atoms with Crippen molar-refractivity contribution in [2.24, 2.45) is 5.92 Å². The molecule has 2 nitrogen and oxygen atoms in total. The fourth-order valence-electron chi connectivity index (χ4n) is 4.10. The summed E-state index contributed by atoms with van der Waals surface area (Å²) in [7, 11) is 0. The van der Waals surface area contributed by atoms with E-state index in [0.29, 0.717) is 6.04 Å². The summed E-state index contributed by atoms with van der Waals surface area (Å²) in [6.07, 6.45) is 18.9. The quantitative estimate of drug-likeness (QED) is 0.384. The second-order valence-electron chi connectivity index (χ2n) is 7.64. The Hall–Kier alpha value is -0.530. The van der Waals surface area contributed by atoms with Crippen LogP contribution >= 0.6 is 0 Å². The lowest BCUT2D eigenvalue weighted by atomic mass is 9.87. The number of hydrogen-bond acceptors (Lipinski definition) is 1. The fraction of sp³-hybridized carbons (Fsp3) is 0.952. The van der Waals surface area contributed by atoms with Crippen molar-refractivity contribution in [3.8, 4) is 0 Å². The van der Waals surface area contributed by atoms with Crippen LogP contribution in [0, 0.1) is 5.92 Å². The van der Waals surface area contributed by atoms with Crippen LogP contribution in [-0.2, 0) is 4.79 Å². The zero-order chi connectivity index (χ0) is 16.9. The van der Waals surface area contributed by atoms with E-state index in [-0.39, 0.29) is 5.91 Å². The Bertz CT molecular complexity index is 302. The number of rotatable bonds is 12. The molecular formula is C21H41NO. The van der Waals surface area contributed by atoms with E-state index in [1.165, 1.54) is 89.9 Å². The van der Waals surface area contributed by atoms with Crippen LogP contribution in [-0.4, -0.2) is 23.4 Å². The summed E-state index contributed by atoms with van der Waals surface area (Å²) < 4.78 is 0. The van der Waals surface area contributed by atoms with Gasteiger partial charge in [-0.1, -0.05) is 78.1 Å². The minimum Gasteiger partial charge on any atom is -0.340 e. The van der Waals surface area contributed by atoms with Gasteiger partial charge in [0.25, 0.3) is 0 Å². The van der Waals surface area contributed by atoms with E-state index in [9.17, 15) is 4.79 Å². The van der Waals surface area contributed by atoms with Gasteiger partial charge in [-0.15, -0.1) is 0 Å². The molecule has 0 saturated carbocycles. The van der Waals surface area contributed by atoms with Gasteiger partial charge in [0.05, 0.1) is 0 Å². The van der Waals surface area contributed by atoms with E-state index >= 15 is 0 Å². The van der Waals surface area contributed by atoms with Gasteiger partial charge in [0, 0.05) is 19.5 Å². The van der Waals surface area contributed by atoms with E-state index in [2.05, 4.69) is 18.7 Å². The normalized spacial score (nSPS) is 19.8. The molecule has 2 heteroatoms. The second-order valence-corrected chi connectivity index (χ2v) is 7.64. The first-order valence-electron chi connectivity index (χ1n) is 10.5. The van der Waals surface area contributed by atoms with Crippen LogP contribution in [0.3, 0.4) is 0 Å². The molecule has 1 fully saturated rings. The molecule has 0 bridgehead atoms. The minimum absolute atomic E-state index is 0.289. The molecule has 0 radical (unpaired) electrons. The number of unbranched alkanes of at least 4 members (excludes halogenated alkanes) is 7. The van der Waals surface area contributed by atoms with Crippen molar-refractivity contribution < 1.29 is 4.79 Å². The monoisotopic (exact) mass is 323 g/mol. The predicted octanol–water partition coefficient (Wildman–Crippen LogP) is 6.33. The molecule has 1 heterocycles. The number of likely N-dealkylation sites (tertiary alicyclic amines) is 1. The van der Waals surface area contributed by atoms with Crippen LogP contribution in [0.15, 0.2) is 0 Å². The Morgan fingerprint density at radius 3 is 2.26 bits per heavy atom. The molecule has 1 aliphatic heterocycles. The highest BCUT2D eigenvalue weighted by molar-refractivity contribution is 5.73. The zero-order valence-electron chi connectivity index (χ0n) is 16.1. The summed E-state index contributed by atoms with van der Waals surface area (Å²) in [6.45, 7) is 7.35. The Labute approximate surface area is 145 Å². The van der Waals surface area contributed by atoms with Crippen molar-refractivity contribution in [2.45, 2.75) is 117 Å². The third-order valence-corrected chi connectivity index (χ3v) is 5.68. The van der Waals surface area contributed by atoms with Crippen molar-refractivity contribution in [1.82, 2.24) is 4.90 Å². The second kappa shape index (κ2) is 12.8. The van der Waals surface area contributed by atoms with Crippen molar-refractivity contribution in [3.63, 3.8) is 0 Å². The predicted molar refractivity (Wildman–Crippen MR) is 101 cm³/mol. The molecule has 0 spiro atoms. The van der Waals surface area contributed by atoms with E-state index in [1.807, 2.05) is 0 Å². The van der Waals surface area contributed by atoms with Gasteiger partial charge in [-0.2, -0.15) is 0 Å². The SMILES string of the molecule is CCCCCCCCCCC(CC)CC1CCCCN1C(C)=O. The van der Waals surface area contributed by atoms with Crippen molar-refractivity contribution in [3.05, 3.63) is 0 Å². The molecule has 0 aliphatic carbocycles. The number of piperidine rings is 1. The molecule has 0 aromatic rings. The maximum absolute atomic E-state index is 11.8. The maximum Gasteiger partial charge on any atom is 0.219 e. The van der Waals surface area contributed by atoms with Crippen LogP contribution in [0.25, 0.3) is 0 Å². The van der Waals surface area contributed by atoms with Gasteiger partial charge in [0.15, 0.2) is 0 Å². The van der Waals surface area contributed by atoms with Gasteiger partial charge in [0.1, 0.15) is 0 Å². The molecule has 23 heavy (non-hydrogen) atoms. The fourth-order valence-corrected chi connectivity index (χ4v) is 4.10. The van der Waals surface area contributed by atoms with E-state index < -0.39 is 0 Å². The Morgan fingerprint density at radius 2 is 1.65 bits per heavy atom.